The van der Waals surface area contributed by atoms with E-state index in [1.165, 1.54) is 7.11 Å². The van der Waals surface area contributed by atoms with Crippen LogP contribution in [0, 0.1) is 11.8 Å². The van der Waals surface area contributed by atoms with Crippen LogP contribution >= 0.6 is 0 Å². The SMILES string of the molecule is COC(=O)C1C/C=C/C[C@@H](C)[C@H](OCc2ccc(OC)cc2)/C=C\C=C\C[C@@H](O)C[C@@H](O)CC1=O. The molecule has 0 fully saturated rings. The van der Waals surface area contributed by atoms with E-state index in [0.717, 1.165) is 11.3 Å². The first-order chi connectivity index (χ1) is 16.8. The van der Waals surface area contributed by atoms with Crippen molar-refractivity contribution in [1.29, 1.82) is 0 Å². The zero-order chi connectivity index (χ0) is 25.6. The standard InChI is InChI=1S/C28H38O7/c1-20-9-7-8-11-25(28(32)34-3)26(31)18-23(30)17-22(29)10-5-4-6-12-27(20)35-19-21-13-15-24(33-2)16-14-21/h4-8,12-16,20,22-23,25,27,29-30H,9-11,17-19H2,1-3H3/b5-4+,8-7+,12-6-/t20-,22-,23-,25?,27-/m1/s1. The molecule has 0 bridgehead atoms. The van der Waals surface area contributed by atoms with E-state index in [2.05, 4.69) is 6.92 Å². The molecule has 1 aliphatic rings. The van der Waals surface area contributed by atoms with Crippen molar-refractivity contribution in [2.24, 2.45) is 11.8 Å². The first-order valence-corrected chi connectivity index (χ1v) is 12.0. The maximum absolute atomic E-state index is 12.6. The molecule has 0 aliphatic heterocycles. The lowest BCUT2D eigenvalue weighted by atomic mass is 9.93. The summed E-state index contributed by atoms with van der Waals surface area (Å²) in [5, 5.41) is 20.4. The number of hydrogen-bond acceptors (Lipinski definition) is 7. The van der Waals surface area contributed by atoms with Gasteiger partial charge in [0, 0.05) is 6.42 Å². The molecule has 0 spiro atoms. The number of rotatable bonds is 5. The fourth-order valence-electron chi connectivity index (χ4n) is 3.86. The molecule has 35 heavy (non-hydrogen) atoms. The van der Waals surface area contributed by atoms with Crippen LogP contribution in [0.15, 0.2) is 60.7 Å². The van der Waals surface area contributed by atoms with Gasteiger partial charge < -0.3 is 24.4 Å². The minimum Gasteiger partial charge on any atom is -0.497 e. The number of esters is 1. The number of ether oxygens (including phenoxy) is 3. The van der Waals surface area contributed by atoms with Crippen LogP contribution in [0.4, 0.5) is 0 Å². The average Bonchev–Trinajstić information content (AvgIpc) is 2.84. The number of methoxy groups -OCH3 is 2. The third-order valence-electron chi connectivity index (χ3n) is 6.02. The van der Waals surface area contributed by atoms with Crippen molar-refractivity contribution in [2.45, 2.75) is 63.9 Å². The molecule has 0 amide bonds. The highest BCUT2D eigenvalue weighted by Gasteiger charge is 2.28. The molecule has 5 atom stereocenters. The minimum atomic E-state index is -1.02. The Morgan fingerprint density at radius 3 is 2.37 bits per heavy atom. The number of carbonyl (C=O) groups is 2. The lowest BCUT2D eigenvalue weighted by Gasteiger charge is -2.21. The summed E-state index contributed by atoms with van der Waals surface area (Å²) in [6.45, 7) is 2.51. The van der Waals surface area contributed by atoms with Gasteiger partial charge in [-0.2, -0.15) is 0 Å². The third-order valence-corrected chi connectivity index (χ3v) is 6.02. The van der Waals surface area contributed by atoms with Crippen LogP contribution in [-0.2, 0) is 25.7 Å². The predicted octanol–water partition coefficient (Wildman–Crippen LogP) is 3.93. The van der Waals surface area contributed by atoms with Gasteiger partial charge in [0.25, 0.3) is 0 Å². The molecule has 0 radical (unpaired) electrons. The van der Waals surface area contributed by atoms with Crippen LogP contribution in [0.25, 0.3) is 0 Å². The molecule has 0 saturated carbocycles. The van der Waals surface area contributed by atoms with Gasteiger partial charge in [0.15, 0.2) is 0 Å². The topological polar surface area (TPSA) is 102 Å². The van der Waals surface area contributed by atoms with Crippen molar-refractivity contribution < 1.29 is 34.0 Å². The van der Waals surface area contributed by atoms with Gasteiger partial charge in [-0.05, 0) is 49.3 Å². The fourth-order valence-corrected chi connectivity index (χ4v) is 3.86. The Labute approximate surface area is 208 Å². The van der Waals surface area contributed by atoms with Gasteiger partial charge in [-0.15, -0.1) is 0 Å². The van der Waals surface area contributed by atoms with Gasteiger partial charge >= 0.3 is 5.97 Å². The molecule has 0 heterocycles. The Bertz CT molecular complexity index is 872. The number of ketones is 1. The molecule has 0 saturated heterocycles. The van der Waals surface area contributed by atoms with E-state index >= 15 is 0 Å². The average molecular weight is 487 g/mol. The Balaban J connectivity index is 2.15. The van der Waals surface area contributed by atoms with Gasteiger partial charge in [-0.3, -0.25) is 9.59 Å². The second kappa shape index (κ2) is 15.3. The number of aliphatic hydroxyl groups is 2. The van der Waals surface area contributed by atoms with Gasteiger partial charge in [-0.1, -0.05) is 55.5 Å². The quantitative estimate of drug-likeness (QED) is 0.369. The fraction of sp³-hybridized carbons (Fsp3) is 0.500. The zero-order valence-corrected chi connectivity index (χ0v) is 20.8. The van der Waals surface area contributed by atoms with Crippen molar-refractivity contribution in [1.82, 2.24) is 0 Å². The summed E-state index contributed by atoms with van der Waals surface area (Å²) < 4.78 is 16.2. The van der Waals surface area contributed by atoms with Crippen molar-refractivity contribution >= 4 is 11.8 Å². The number of carbonyl (C=O) groups excluding carboxylic acids is 2. The number of Topliss-reactive ketones (excluding diaryl/α,β-unsaturated/α-hetero) is 1. The Hall–Kier alpha value is -2.74. The number of benzene rings is 1. The lowest BCUT2D eigenvalue weighted by Crippen LogP contribution is -2.29. The van der Waals surface area contributed by atoms with Crippen molar-refractivity contribution in [2.75, 3.05) is 14.2 Å². The third kappa shape index (κ3) is 10.2. The number of allylic oxidation sites excluding steroid dienone is 4. The van der Waals surface area contributed by atoms with E-state index in [1.54, 1.807) is 13.2 Å². The first kappa shape index (κ1) is 28.5. The van der Waals surface area contributed by atoms with Crippen LogP contribution < -0.4 is 4.74 Å². The Morgan fingerprint density at radius 2 is 1.69 bits per heavy atom. The van der Waals surface area contributed by atoms with Crippen LogP contribution in [0.2, 0.25) is 0 Å². The van der Waals surface area contributed by atoms with Gasteiger partial charge in [0.1, 0.15) is 17.5 Å². The first-order valence-electron chi connectivity index (χ1n) is 12.0. The van der Waals surface area contributed by atoms with Crippen LogP contribution in [0.3, 0.4) is 0 Å². The molecular formula is C28H38O7. The van der Waals surface area contributed by atoms with Crippen molar-refractivity contribution in [3.05, 3.63) is 66.3 Å². The lowest BCUT2D eigenvalue weighted by molar-refractivity contribution is -0.149. The smallest absolute Gasteiger partial charge is 0.316 e. The molecule has 192 valence electrons. The molecule has 0 aromatic heterocycles. The summed E-state index contributed by atoms with van der Waals surface area (Å²) in [4.78, 5) is 24.8. The largest absolute Gasteiger partial charge is 0.497 e. The Morgan fingerprint density at radius 1 is 0.971 bits per heavy atom. The molecule has 2 rings (SSSR count). The highest BCUT2D eigenvalue weighted by molar-refractivity contribution is 5.99. The molecule has 7 heteroatoms. The van der Waals surface area contributed by atoms with E-state index in [0.29, 0.717) is 19.4 Å². The van der Waals surface area contributed by atoms with E-state index < -0.39 is 29.9 Å². The minimum absolute atomic E-state index is 0.0498. The predicted molar refractivity (Wildman–Crippen MR) is 134 cm³/mol. The molecule has 7 nitrogen and oxygen atoms in total. The highest BCUT2D eigenvalue weighted by Crippen LogP contribution is 2.20. The number of hydrogen-bond donors (Lipinski definition) is 2. The number of aliphatic hydroxyl groups excluding tert-OH is 2. The van der Waals surface area contributed by atoms with Crippen molar-refractivity contribution in [3.8, 4) is 5.75 Å². The maximum Gasteiger partial charge on any atom is 0.316 e. The van der Waals surface area contributed by atoms with Gasteiger partial charge in [-0.25, -0.2) is 0 Å². The highest BCUT2D eigenvalue weighted by atomic mass is 16.5. The molecule has 1 unspecified atom stereocenters. The summed E-state index contributed by atoms with van der Waals surface area (Å²) in [6.07, 6.45) is 10.4. The second-order valence-corrected chi connectivity index (χ2v) is 8.88. The molecule has 2 N–H and O–H groups in total. The summed E-state index contributed by atoms with van der Waals surface area (Å²) in [5.41, 5.74) is 1.03. The van der Waals surface area contributed by atoms with E-state index in [9.17, 15) is 19.8 Å². The van der Waals surface area contributed by atoms with Gasteiger partial charge in [0.05, 0.1) is 39.1 Å². The van der Waals surface area contributed by atoms with Crippen molar-refractivity contribution in [3.63, 3.8) is 0 Å². The molecular weight excluding hydrogens is 448 g/mol. The van der Waals surface area contributed by atoms with Crippen LogP contribution in [-0.4, -0.2) is 54.5 Å². The van der Waals surface area contributed by atoms with E-state index in [4.69, 9.17) is 14.2 Å². The maximum atomic E-state index is 12.6. The van der Waals surface area contributed by atoms with E-state index in [1.807, 2.05) is 54.6 Å². The molecule has 1 aliphatic carbocycles. The summed E-state index contributed by atoms with van der Waals surface area (Å²) >= 11 is 0. The summed E-state index contributed by atoms with van der Waals surface area (Å²) in [6, 6.07) is 7.72. The second-order valence-electron chi connectivity index (χ2n) is 8.88. The zero-order valence-electron chi connectivity index (χ0n) is 20.8. The monoisotopic (exact) mass is 486 g/mol. The normalized spacial score (nSPS) is 29.5. The molecule has 1 aromatic rings. The van der Waals surface area contributed by atoms with Gasteiger partial charge in [0.2, 0.25) is 0 Å². The van der Waals surface area contributed by atoms with Crippen LogP contribution in [0.5, 0.6) is 5.75 Å². The van der Waals surface area contributed by atoms with E-state index in [-0.39, 0.29) is 31.3 Å². The molecule has 1 aromatic carbocycles. The summed E-state index contributed by atoms with van der Waals surface area (Å²) in [5.74, 6) is -1.07. The summed E-state index contributed by atoms with van der Waals surface area (Å²) in [7, 11) is 2.87. The Kier molecular flexibility index (Phi) is 12.5. The van der Waals surface area contributed by atoms with Crippen LogP contribution in [0.1, 0.15) is 44.6 Å².